The normalized spacial score (nSPS) is 25.2. The Bertz CT molecular complexity index is 522. The van der Waals surface area contributed by atoms with E-state index in [-0.39, 0.29) is 18.2 Å². The summed E-state index contributed by atoms with van der Waals surface area (Å²) in [7, 11) is 0. The maximum absolute atomic E-state index is 12.3. The molecule has 102 valence electrons. The van der Waals surface area contributed by atoms with Crippen LogP contribution in [0.4, 0.5) is 0 Å². The van der Waals surface area contributed by atoms with Gasteiger partial charge in [0.15, 0.2) is 4.90 Å². The van der Waals surface area contributed by atoms with Crippen molar-refractivity contribution in [3.8, 4) is 6.07 Å². The fourth-order valence-electron chi connectivity index (χ4n) is 1.94. The molecule has 0 saturated carbocycles. The Kier molecular flexibility index (Phi) is 4.36. The minimum atomic E-state index is -1.51. The summed E-state index contributed by atoms with van der Waals surface area (Å²) in [6.45, 7) is 0.189. The van der Waals surface area contributed by atoms with Gasteiger partial charge in [0.2, 0.25) is 0 Å². The van der Waals surface area contributed by atoms with E-state index in [0.29, 0.717) is 23.4 Å². The molecule has 1 aliphatic heterocycles. The lowest BCUT2D eigenvalue weighted by molar-refractivity contribution is -0.000727. The highest BCUT2D eigenvalue weighted by molar-refractivity contribution is 7.89. The van der Waals surface area contributed by atoms with Gasteiger partial charge >= 0.3 is 0 Å². The predicted octanol–water partition coefficient (Wildman–Crippen LogP) is 0.663. The fourth-order valence-corrected chi connectivity index (χ4v) is 3.62. The van der Waals surface area contributed by atoms with Gasteiger partial charge in [0.05, 0.1) is 41.2 Å². The maximum Gasteiger partial charge on any atom is 0.192 e. The lowest BCUT2D eigenvalue weighted by Gasteiger charge is -2.22. The number of hydrogen-bond donors (Lipinski definition) is 2. The third-order valence-electron chi connectivity index (χ3n) is 3.08. The van der Waals surface area contributed by atoms with E-state index >= 15 is 0 Å². The number of hydrogen-bond acceptors (Lipinski definition) is 5. The molecule has 2 atom stereocenters. The van der Waals surface area contributed by atoms with Crippen molar-refractivity contribution in [3.05, 3.63) is 28.8 Å². The van der Waals surface area contributed by atoms with Crippen molar-refractivity contribution in [2.75, 3.05) is 19.7 Å². The number of aliphatic hydroxyl groups is 2. The quantitative estimate of drug-likeness (QED) is 0.801. The second-order valence-electron chi connectivity index (χ2n) is 4.50. The van der Waals surface area contributed by atoms with Gasteiger partial charge in [0.1, 0.15) is 5.60 Å². The molecule has 5 nitrogen and oxygen atoms in total. The summed E-state index contributed by atoms with van der Waals surface area (Å²) in [5.74, 6) is 0. The number of nitrogens with zero attached hydrogens (tertiary/aromatic N) is 2. The summed E-state index contributed by atoms with van der Waals surface area (Å²) in [5.41, 5.74) is -0.798. The molecule has 0 radical (unpaired) electrons. The molecule has 2 unspecified atom stereocenters. The van der Waals surface area contributed by atoms with Crippen LogP contribution < -0.4 is 0 Å². The lowest BCUT2D eigenvalue weighted by atomic mass is 10.1. The van der Waals surface area contributed by atoms with Crippen LogP contribution in [-0.4, -0.2) is 44.4 Å². The molecule has 0 spiro atoms. The Labute approximate surface area is 119 Å². The number of aliphatic hydroxyl groups excluding tert-OH is 1. The molecule has 0 bridgehead atoms. The molecule has 0 amide bonds. The smallest absolute Gasteiger partial charge is 0.192 e. The first-order valence-corrected chi connectivity index (χ1v) is 7.17. The van der Waals surface area contributed by atoms with Crippen LogP contribution in [0.1, 0.15) is 12.0 Å². The van der Waals surface area contributed by atoms with E-state index in [1.165, 1.54) is 6.07 Å². The lowest BCUT2D eigenvalue weighted by Crippen LogP contribution is -2.38. The summed E-state index contributed by atoms with van der Waals surface area (Å²) < 4.78 is 13.9. The maximum atomic E-state index is 12.3. The molecule has 19 heavy (non-hydrogen) atoms. The van der Waals surface area contributed by atoms with Gasteiger partial charge in [0.25, 0.3) is 0 Å². The fraction of sp³-hybridized carbons (Fsp3) is 0.417. The molecule has 2 N–H and O–H groups in total. The van der Waals surface area contributed by atoms with E-state index in [9.17, 15) is 9.66 Å². The average molecular weight is 301 g/mol. The highest BCUT2D eigenvalue weighted by atomic mass is 35.5. The van der Waals surface area contributed by atoms with Crippen molar-refractivity contribution < 1.29 is 14.8 Å². The van der Waals surface area contributed by atoms with E-state index in [4.69, 9.17) is 22.0 Å². The van der Waals surface area contributed by atoms with E-state index in [1.54, 1.807) is 16.4 Å². The molecule has 1 aromatic rings. The van der Waals surface area contributed by atoms with Crippen LogP contribution in [-0.2, 0) is 11.4 Å². The first-order chi connectivity index (χ1) is 8.99. The van der Waals surface area contributed by atoms with Gasteiger partial charge in [-0.25, -0.2) is 0 Å². The zero-order valence-electron chi connectivity index (χ0n) is 10.0. The van der Waals surface area contributed by atoms with Gasteiger partial charge in [-0.2, -0.15) is 5.26 Å². The summed E-state index contributed by atoms with van der Waals surface area (Å²) in [4.78, 5) is 0.405. The number of halogens is 1. The molecule has 2 rings (SSSR count). The van der Waals surface area contributed by atoms with Crippen molar-refractivity contribution in [1.82, 2.24) is 4.31 Å². The van der Waals surface area contributed by atoms with Crippen molar-refractivity contribution >= 4 is 23.0 Å². The number of rotatable bonds is 3. The SMILES string of the molecule is N#Cc1ccc([S+]([O-])N2CCC(O)(CO)C2)c(Cl)c1. The van der Waals surface area contributed by atoms with E-state index in [1.807, 2.05) is 6.07 Å². The van der Waals surface area contributed by atoms with Gasteiger partial charge in [-0.05, 0) is 24.6 Å². The van der Waals surface area contributed by atoms with E-state index < -0.39 is 17.0 Å². The molecular weight excluding hydrogens is 288 g/mol. The molecule has 1 aromatic carbocycles. The Morgan fingerprint density at radius 3 is 2.84 bits per heavy atom. The third-order valence-corrected chi connectivity index (χ3v) is 5.01. The molecule has 0 aromatic heterocycles. The van der Waals surface area contributed by atoms with Crippen LogP contribution in [0, 0.1) is 11.3 Å². The average Bonchev–Trinajstić information content (AvgIpc) is 2.81. The first-order valence-electron chi connectivity index (χ1n) is 5.69. The molecule has 1 aliphatic rings. The Hall–Kier alpha value is -0.810. The zero-order chi connectivity index (χ0) is 14.0. The van der Waals surface area contributed by atoms with Gasteiger partial charge in [-0.1, -0.05) is 11.6 Å². The number of benzene rings is 1. The van der Waals surface area contributed by atoms with Crippen molar-refractivity contribution in [3.63, 3.8) is 0 Å². The Balaban J connectivity index is 2.17. The van der Waals surface area contributed by atoms with Crippen LogP contribution >= 0.6 is 11.6 Å². The van der Waals surface area contributed by atoms with Crippen molar-refractivity contribution in [2.45, 2.75) is 16.9 Å². The van der Waals surface area contributed by atoms with Gasteiger partial charge in [-0.3, -0.25) is 0 Å². The summed E-state index contributed by atoms with van der Waals surface area (Å²) in [6.07, 6.45) is 0.364. The first kappa shape index (κ1) is 14.6. The highest BCUT2D eigenvalue weighted by Crippen LogP contribution is 2.30. The standard InChI is InChI=1S/C12H13ClN2O3S/c13-10-5-9(6-14)1-2-11(10)19(18)15-4-3-12(17,7-15)8-16/h1-2,5,16-17H,3-4,7-8H2. The summed E-state index contributed by atoms with van der Waals surface area (Å²) in [6, 6.07) is 6.51. The Morgan fingerprint density at radius 1 is 1.58 bits per heavy atom. The molecular formula is C12H13ClN2O3S. The zero-order valence-corrected chi connectivity index (χ0v) is 11.6. The van der Waals surface area contributed by atoms with Gasteiger partial charge < -0.3 is 14.8 Å². The molecule has 1 heterocycles. The molecule has 1 fully saturated rings. The minimum absolute atomic E-state index is 0.131. The molecule has 1 saturated heterocycles. The second kappa shape index (κ2) is 5.67. The molecule has 0 aliphatic carbocycles. The number of nitriles is 1. The third kappa shape index (κ3) is 3.03. The van der Waals surface area contributed by atoms with Crippen molar-refractivity contribution in [1.29, 1.82) is 5.26 Å². The minimum Gasteiger partial charge on any atom is -0.593 e. The van der Waals surface area contributed by atoms with Crippen LogP contribution in [0.15, 0.2) is 23.1 Å². The molecule has 7 heteroatoms. The summed E-state index contributed by atoms with van der Waals surface area (Å²) >= 11 is 4.50. The predicted molar refractivity (Wildman–Crippen MR) is 70.8 cm³/mol. The largest absolute Gasteiger partial charge is 0.593 e. The second-order valence-corrected chi connectivity index (χ2v) is 6.36. The van der Waals surface area contributed by atoms with Crippen LogP contribution in [0.5, 0.6) is 0 Å². The van der Waals surface area contributed by atoms with Crippen LogP contribution in [0.2, 0.25) is 5.02 Å². The van der Waals surface area contributed by atoms with E-state index in [0.717, 1.165) is 0 Å². The summed E-state index contributed by atoms with van der Waals surface area (Å²) in [5, 5.41) is 28.0. The van der Waals surface area contributed by atoms with Crippen LogP contribution in [0.25, 0.3) is 0 Å². The van der Waals surface area contributed by atoms with Crippen molar-refractivity contribution in [2.24, 2.45) is 0 Å². The topological polar surface area (TPSA) is 90.5 Å². The van der Waals surface area contributed by atoms with E-state index in [2.05, 4.69) is 0 Å². The van der Waals surface area contributed by atoms with Gasteiger partial charge in [-0.15, -0.1) is 4.31 Å². The Morgan fingerprint density at radius 2 is 2.32 bits per heavy atom. The monoisotopic (exact) mass is 300 g/mol. The highest BCUT2D eigenvalue weighted by Gasteiger charge is 2.42. The van der Waals surface area contributed by atoms with Crippen LogP contribution in [0.3, 0.4) is 0 Å². The van der Waals surface area contributed by atoms with Gasteiger partial charge in [0, 0.05) is 6.54 Å². The number of β-amino-alcohol motifs (C(OH)–C–C–N with tert-alkyl or cyclic N) is 1.